The molecule has 1 aliphatic rings. The molecule has 0 spiro atoms. The quantitative estimate of drug-likeness (QED) is 0.0812. The lowest BCUT2D eigenvalue weighted by Gasteiger charge is -2.30. The zero-order valence-corrected chi connectivity index (χ0v) is 31.0. The van der Waals surface area contributed by atoms with E-state index in [1.165, 1.54) is 0 Å². The number of rotatable bonds is 26. The molecule has 2 unspecified atom stereocenters. The average molecular weight is 702 g/mol. The molecule has 0 fully saturated rings. The summed E-state index contributed by atoms with van der Waals surface area (Å²) in [6, 6.07) is 0. The van der Waals surface area contributed by atoms with Crippen LogP contribution in [0.15, 0.2) is 0 Å². The second-order valence-electron chi connectivity index (χ2n) is 13.5. The minimum absolute atomic E-state index is 0.0154. The van der Waals surface area contributed by atoms with Crippen molar-refractivity contribution in [3.63, 3.8) is 0 Å². The second kappa shape index (κ2) is 23.5. The molecule has 14 nitrogen and oxygen atoms in total. The van der Waals surface area contributed by atoms with Crippen LogP contribution in [0.25, 0.3) is 0 Å². The van der Waals surface area contributed by atoms with Crippen LogP contribution in [0.1, 0.15) is 64.3 Å². The van der Waals surface area contributed by atoms with Crippen LogP contribution in [0.5, 0.6) is 0 Å². The smallest absolute Gasteiger partial charge is 0.222 e. The number of carbonyl (C=O) groups is 2. The fourth-order valence-electron chi connectivity index (χ4n) is 5.39. The number of ether oxygens (including phenoxy) is 5. The van der Waals surface area contributed by atoms with E-state index in [0.29, 0.717) is 124 Å². The lowest BCUT2D eigenvalue weighted by molar-refractivity contribution is -0.133. The summed E-state index contributed by atoms with van der Waals surface area (Å²) in [4.78, 5) is 27.4. The fourth-order valence-corrected chi connectivity index (χ4v) is 5.62. The van der Waals surface area contributed by atoms with Crippen molar-refractivity contribution < 1.29 is 33.3 Å². The van der Waals surface area contributed by atoms with Crippen molar-refractivity contribution in [1.82, 2.24) is 30.5 Å². The number of aromatic nitrogens is 3. The minimum Gasteiger partial charge on any atom is -0.379 e. The van der Waals surface area contributed by atoms with E-state index in [1.54, 1.807) is 7.11 Å². The number of carbonyl (C=O) groups excluding carboxylic acids is 2. The van der Waals surface area contributed by atoms with Crippen LogP contribution in [0, 0.1) is 5.41 Å². The maximum absolute atomic E-state index is 13.2. The summed E-state index contributed by atoms with van der Waals surface area (Å²) >= 11 is 4.90. The number of hydrogen-bond donors (Lipinski definition) is 4. The summed E-state index contributed by atoms with van der Waals surface area (Å²) in [5.74, 6) is -0.0473. The molecule has 2 atom stereocenters. The van der Waals surface area contributed by atoms with Crippen molar-refractivity contribution >= 4 is 24.4 Å². The first-order valence-electron chi connectivity index (χ1n) is 17.4. The van der Waals surface area contributed by atoms with E-state index in [4.69, 9.17) is 42.0 Å². The SMILES string of the molecule is CNCC(C)(C)COCC(C)(S)Cn1nnc2c1CCN(C(=O)CCCC(=O)NCCCOCCOCCOCCCN)CC(OC)C2. The van der Waals surface area contributed by atoms with E-state index in [0.717, 1.165) is 24.4 Å². The molecule has 2 amide bonds. The third-order valence-electron chi connectivity index (χ3n) is 7.94. The van der Waals surface area contributed by atoms with Gasteiger partial charge in [-0.2, -0.15) is 12.6 Å². The van der Waals surface area contributed by atoms with Gasteiger partial charge in [0.25, 0.3) is 0 Å². The van der Waals surface area contributed by atoms with E-state index in [1.807, 2.05) is 23.6 Å². The molecule has 1 aromatic rings. The molecule has 0 saturated heterocycles. The molecular formula is C33H63N7O7S. The molecular weight excluding hydrogens is 638 g/mol. The summed E-state index contributed by atoms with van der Waals surface area (Å²) in [6.07, 6.45) is 3.63. The van der Waals surface area contributed by atoms with Crippen molar-refractivity contribution in [3.8, 4) is 0 Å². The maximum atomic E-state index is 13.2. The number of thiol groups is 1. The molecule has 2 heterocycles. The number of amides is 2. The van der Waals surface area contributed by atoms with Gasteiger partial charge in [0.05, 0.1) is 68.4 Å². The zero-order chi connectivity index (χ0) is 35.3. The lowest BCUT2D eigenvalue weighted by Crippen LogP contribution is -2.42. The zero-order valence-electron chi connectivity index (χ0n) is 30.1. The summed E-state index contributed by atoms with van der Waals surface area (Å²) in [5.41, 5.74) is 7.32. The number of nitrogens with zero attached hydrogens (tertiary/aromatic N) is 4. The predicted molar refractivity (Wildman–Crippen MR) is 188 cm³/mol. The van der Waals surface area contributed by atoms with Crippen molar-refractivity contribution in [1.29, 1.82) is 0 Å². The topological polar surface area (TPSA) is 164 Å². The summed E-state index contributed by atoms with van der Waals surface area (Å²) in [5, 5.41) is 15.0. The first-order valence-corrected chi connectivity index (χ1v) is 17.8. The molecule has 15 heteroatoms. The fraction of sp³-hybridized carbons (Fsp3) is 0.879. The van der Waals surface area contributed by atoms with E-state index in [9.17, 15) is 9.59 Å². The Morgan fingerprint density at radius 3 is 2.33 bits per heavy atom. The Hall–Kier alpha value is -1.85. The standard InChI is InChI=1S/C33H63N7O7S/c1-32(2,23-35-4)25-47-26-33(3,48)24-40-29-11-14-39(22-27(43-5)21-28(29)37-38-40)31(42)10-6-9-30(41)36-13-8-16-45-18-20-46-19-17-44-15-7-12-34/h27,35,48H,6-26,34H2,1-5H3,(H,36,41). The van der Waals surface area contributed by atoms with E-state index in [2.05, 4.69) is 34.8 Å². The van der Waals surface area contributed by atoms with Gasteiger partial charge in [0, 0.05) is 77.6 Å². The van der Waals surface area contributed by atoms with Crippen molar-refractivity contribution in [2.75, 3.05) is 99.7 Å². The highest BCUT2D eigenvalue weighted by molar-refractivity contribution is 7.81. The molecule has 0 aliphatic carbocycles. The Labute approximate surface area is 293 Å². The highest BCUT2D eigenvalue weighted by Gasteiger charge is 2.29. The van der Waals surface area contributed by atoms with Gasteiger partial charge in [-0.05, 0) is 39.8 Å². The number of nitrogens with one attached hydrogen (secondary N) is 2. The monoisotopic (exact) mass is 701 g/mol. The van der Waals surface area contributed by atoms with Crippen molar-refractivity contribution in [3.05, 3.63) is 11.4 Å². The van der Waals surface area contributed by atoms with Gasteiger partial charge in [-0.1, -0.05) is 19.1 Å². The Morgan fingerprint density at radius 2 is 1.67 bits per heavy atom. The molecule has 0 saturated carbocycles. The Bertz CT molecular complexity index is 1040. The van der Waals surface area contributed by atoms with E-state index >= 15 is 0 Å². The molecule has 48 heavy (non-hydrogen) atoms. The van der Waals surface area contributed by atoms with Gasteiger partial charge in [0.15, 0.2) is 0 Å². The third kappa shape index (κ3) is 17.7. The van der Waals surface area contributed by atoms with Crippen molar-refractivity contribution in [2.45, 2.75) is 83.1 Å². The summed E-state index contributed by atoms with van der Waals surface area (Å²) in [7, 11) is 3.60. The first-order chi connectivity index (χ1) is 23.0. The van der Waals surface area contributed by atoms with Crippen LogP contribution >= 0.6 is 12.6 Å². The molecule has 0 radical (unpaired) electrons. The average Bonchev–Trinajstić information content (AvgIpc) is 3.37. The largest absolute Gasteiger partial charge is 0.379 e. The highest BCUT2D eigenvalue weighted by atomic mass is 32.1. The van der Waals surface area contributed by atoms with Crippen LogP contribution in [0.3, 0.4) is 0 Å². The second-order valence-corrected chi connectivity index (χ2v) is 14.6. The van der Waals surface area contributed by atoms with Gasteiger partial charge >= 0.3 is 0 Å². The normalized spacial score (nSPS) is 16.6. The van der Waals surface area contributed by atoms with Gasteiger partial charge in [0.1, 0.15) is 0 Å². The van der Waals surface area contributed by atoms with Gasteiger partial charge in [-0.15, -0.1) is 5.10 Å². The molecule has 1 aromatic heterocycles. The Balaban J connectivity index is 1.70. The molecule has 278 valence electrons. The highest BCUT2D eigenvalue weighted by Crippen LogP contribution is 2.23. The van der Waals surface area contributed by atoms with Gasteiger partial charge in [0.2, 0.25) is 11.8 Å². The summed E-state index contributed by atoms with van der Waals surface area (Å²) < 4.78 is 29.6. The molecule has 0 bridgehead atoms. The first kappa shape index (κ1) is 42.3. The van der Waals surface area contributed by atoms with Crippen LogP contribution in [0.2, 0.25) is 0 Å². The van der Waals surface area contributed by atoms with Crippen LogP contribution in [-0.2, 0) is 52.7 Å². The molecule has 4 N–H and O–H groups in total. The van der Waals surface area contributed by atoms with E-state index < -0.39 is 4.75 Å². The number of hydrogen-bond acceptors (Lipinski definition) is 12. The van der Waals surface area contributed by atoms with Crippen LogP contribution in [0.4, 0.5) is 0 Å². The Kier molecular flexibility index (Phi) is 20.7. The lowest BCUT2D eigenvalue weighted by atomic mass is 9.95. The number of nitrogens with two attached hydrogens (primary N) is 1. The number of fused-ring (bicyclic) bond motifs is 1. The van der Waals surface area contributed by atoms with E-state index in [-0.39, 0.29) is 23.3 Å². The van der Waals surface area contributed by atoms with Crippen LogP contribution in [-0.4, -0.2) is 142 Å². The van der Waals surface area contributed by atoms with Crippen LogP contribution < -0.4 is 16.4 Å². The maximum Gasteiger partial charge on any atom is 0.222 e. The van der Waals surface area contributed by atoms with Gasteiger partial charge in [-0.3, -0.25) is 9.59 Å². The minimum atomic E-state index is -0.460. The predicted octanol–water partition coefficient (Wildman–Crippen LogP) is 1.25. The van der Waals surface area contributed by atoms with Crippen molar-refractivity contribution in [2.24, 2.45) is 11.1 Å². The van der Waals surface area contributed by atoms with Gasteiger partial charge in [-0.25, -0.2) is 4.68 Å². The summed E-state index contributed by atoms with van der Waals surface area (Å²) in [6.45, 7) is 14.3. The Morgan fingerprint density at radius 1 is 0.979 bits per heavy atom. The number of methoxy groups -OCH3 is 1. The third-order valence-corrected chi connectivity index (χ3v) is 8.21. The molecule has 2 rings (SSSR count). The molecule has 0 aromatic carbocycles. The van der Waals surface area contributed by atoms with Gasteiger partial charge < -0.3 is 45.0 Å². The molecule has 1 aliphatic heterocycles.